The van der Waals surface area contributed by atoms with Crippen molar-refractivity contribution in [2.45, 2.75) is 24.8 Å². The Kier molecular flexibility index (Phi) is 3.47. The summed E-state index contributed by atoms with van der Waals surface area (Å²) in [5.74, 6) is 0. The summed E-state index contributed by atoms with van der Waals surface area (Å²) >= 11 is 0. The number of sulfonamides is 1. The van der Waals surface area contributed by atoms with Gasteiger partial charge in [0.2, 0.25) is 16.1 Å². The molecule has 0 bridgehead atoms. The van der Waals surface area contributed by atoms with Gasteiger partial charge in [0.1, 0.15) is 0 Å². The first-order valence-corrected chi connectivity index (χ1v) is 7.87. The van der Waals surface area contributed by atoms with Gasteiger partial charge < -0.3 is 0 Å². The van der Waals surface area contributed by atoms with Gasteiger partial charge in [-0.1, -0.05) is 12.1 Å². The van der Waals surface area contributed by atoms with E-state index in [4.69, 9.17) is 0 Å². The molecule has 2 rings (SSSR count). The minimum atomic E-state index is -3.29. The van der Waals surface area contributed by atoms with Gasteiger partial charge in [-0.15, -0.1) is 0 Å². The topological polar surface area (TPSA) is 66.8 Å². The van der Waals surface area contributed by atoms with Crippen molar-refractivity contribution in [1.29, 1.82) is 0 Å². The van der Waals surface area contributed by atoms with Crippen LogP contribution in [0, 0.1) is 0 Å². The number of aliphatic imine (C=N–C) groups is 1. The minimum Gasteiger partial charge on any atom is -0.274 e. The molecule has 1 aromatic carbocycles. The molecule has 0 heterocycles. The van der Waals surface area contributed by atoms with Gasteiger partial charge >= 0.3 is 0 Å². The van der Waals surface area contributed by atoms with Crippen molar-refractivity contribution in [2.75, 3.05) is 17.6 Å². The number of rotatable bonds is 4. The molecule has 0 aromatic heterocycles. The lowest BCUT2D eigenvalue weighted by molar-refractivity contribution is 0.256. The zero-order chi connectivity index (χ0) is 14.1. The second-order valence-corrected chi connectivity index (χ2v) is 6.88. The van der Waals surface area contributed by atoms with E-state index in [0.29, 0.717) is 5.69 Å². The van der Waals surface area contributed by atoms with Gasteiger partial charge in [-0.2, -0.15) is 4.99 Å². The van der Waals surface area contributed by atoms with Crippen LogP contribution in [0.25, 0.3) is 0 Å². The van der Waals surface area contributed by atoms with Crippen molar-refractivity contribution in [1.82, 2.24) is 0 Å². The molecule has 0 unspecified atom stereocenters. The van der Waals surface area contributed by atoms with Gasteiger partial charge in [-0.05, 0) is 37.0 Å². The van der Waals surface area contributed by atoms with E-state index < -0.39 is 15.6 Å². The maximum Gasteiger partial charge on any atom is 0.235 e. The molecule has 0 N–H and O–H groups in total. The summed E-state index contributed by atoms with van der Waals surface area (Å²) in [5, 5.41) is 0. The lowest BCUT2D eigenvalue weighted by Crippen LogP contribution is -2.32. The van der Waals surface area contributed by atoms with Gasteiger partial charge in [-0.3, -0.25) is 4.31 Å². The Hall–Kier alpha value is -1.65. The molecule has 0 atom stereocenters. The Morgan fingerprint density at radius 2 is 2.05 bits per heavy atom. The maximum absolute atomic E-state index is 11.5. The predicted octanol–water partition coefficient (Wildman–Crippen LogP) is 1.80. The fraction of sp³-hybridized carbons (Fsp3) is 0.462. The van der Waals surface area contributed by atoms with E-state index in [1.807, 2.05) is 6.07 Å². The smallest absolute Gasteiger partial charge is 0.235 e. The van der Waals surface area contributed by atoms with Gasteiger partial charge in [-0.25, -0.2) is 13.2 Å². The zero-order valence-corrected chi connectivity index (χ0v) is 11.8. The SMILES string of the molecule is CN(c1cccc(C2(N=C=O)CCC2)c1)S(C)(=O)=O. The Labute approximate surface area is 113 Å². The number of nitrogens with zero attached hydrogens (tertiary/aromatic N) is 2. The highest BCUT2D eigenvalue weighted by Crippen LogP contribution is 2.45. The third kappa shape index (κ3) is 2.55. The first kappa shape index (κ1) is 13.8. The van der Waals surface area contributed by atoms with E-state index >= 15 is 0 Å². The molecule has 0 spiro atoms. The highest BCUT2D eigenvalue weighted by molar-refractivity contribution is 7.92. The summed E-state index contributed by atoms with van der Waals surface area (Å²) in [5.41, 5.74) is 0.943. The second-order valence-electron chi connectivity index (χ2n) is 4.87. The van der Waals surface area contributed by atoms with Gasteiger partial charge in [0.25, 0.3) is 0 Å². The number of anilines is 1. The van der Waals surface area contributed by atoms with Gasteiger partial charge in [0.15, 0.2) is 0 Å². The highest BCUT2D eigenvalue weighted by atomic mass is 32.2. The minimum absolute atomic E-state index is 0.504. The quantitative estimate of drug-likeness (QED) is 0.624. The molecule has 1 aromatic rings. The van der Waals surface area contributed by atoms with Crippen LogP contribution in [0.2, 0.25) is 0 Å². The molecule has 0 aliphatic heterocycles. The molecule has 1 saturated carbocycles. The third-order valence-corrected chi connectivity index (χ3v) is 4.89. The van der Waals surface area contributed by atoms with Crippen LogP contribution in [0.1, 0.15) is 24.8 Å². The van der Waals surface area contributed by atoms with Crippen molar-refractivity contribution in [2.24, 2.45) is 4.99 Å². The molecule has 5 nitrogen and oxygen atoms in total. The summed E-state index contributed by atoms with van der Waals surface area (Å²) in [6.45, 7) is 0. The zero-order valence-electron chi connectivity index (χ0n) is 11.0. The van der Waals surface area contributed by atoms with E-state index in [1.165, 1.54) is 11.4 Å². The Bertz CT molecular complexity index is 629. The normalized spacial score (nSPS) is 17.2. The van der Waals surface area contributed by atoms with E-state index in [0.717, 1.165) is 31.1 Å². The second kappa shape index (κ2) is 4.79. The van der Waals surface area contributed by atoms with Gasteiger partial charge in [0.05, 0.1) is 17.5 Å². The Balaban J connectivity index is 2.42. The summed E-state index contributed by atoms with van der Waals surface area (Å²) in [7, 11) is -1.79. The van der Waals surface area contributed by atoms with Crippen molar-refractivity contribution < 1.29 is 13.2 Å². The van der Waals surface area contributed by atoms with Crippen LogP contribution >= 0.6 is 0 Å². The van der Waals surface area contributed by atoms with Crippen LogP contribution in [-0.4, -0.2) is 27.8 Å². The van der Waals surface area contributed by atoms with Crippen LogP contribution in [0.3, 0.4) is 0 Å². The molecular weight excluding hydrogens is 264 g/mol. The molecule has 0 saturated heterocycles. The number of hydrogen-bond donors (Lipinski definition) is 0. The number of benzene rings is 1. The fourth-order valence-electron chi connectivity index (χ4n) is 2.25. The fourth-order valence-corrected chi connectivity index (χ4v) is 2.74. The highest BCUT2D eigenvalue weighted by Gasteiger charge is 2.39. The van der Waals surface area contributed by atoms with Crippen LogP contribution in [-0.2, 0) is 20.4 Å². The molecule has 1 aliphatic rings. The first-order valence-electron chi connectivity index (χ1n) is 6.02. The summed E-state index contributed by atoms with van der Waals surface area (Å²) in [6, 6.07) is 7.16. The Morgan fingerprint density at radius 1 is 1.37 bits per heavy atom. The van der Waals surface area contributed by atoms with Crippen molar-refractivity contribution >= 4 is 21.8 Å². The standard InChI is InChI=1S/C13H16N2O3S/c1-15(19(2,17)18)12-6-3-5-11(9-12)13(14-10-16)7-4-8-13/h3,5-6,9H,4,7-8H2,1-2H3. The number of hydrogen-bond acceptors (Lipinski definition) is 4. The van der Waals surface area contributed by atoms with Gasteiger partial charge in [0, 0.05) is 7.05 Å². The van der Waals surface area contributed by atoms with Crippen LogP contribution in [0.15, 0.2) is 29.3 Å². The van der Waals surface area contributed by atoms with Crippen molar-refractivity contribution in [3.8, 4) is 0 Å². The molecular formula is C13H16N2O3S. The molecule has 19 heavy (non-hydrogen) atoms. The van der Waals surface area contributed by atoms with E-state index in [-0.39, 0.29) is 0 Å². The molecule has 1 fully saturated rings. The lowest BCUT2D eigenvalue weighted by atomic mass is 9.72. The molecule has 6 heteroatoms. The summed E-state index contributed by atoms with van der Waals surface area (Å²) in [6.07, 6.45) is 5.40. The Morgan fingerprint density at radius 3 is 2.53 bits per heavy atom. The predicted molar refractivity (Wildman–Crippen MR) is 73.3 cm³/mol. The number of carbonyl (C=O) groups excluding carboxylic acids is 1. The molecule has 1 aliphatic carbocycles. The van der Waals surface area contributed by atoms with Crippen molar-refractivity contribution in [3.63, 3.8) is 0 Å². The van der Waals surface area contributed by atoms with E-state index in [9.17, 15) is 13.2 Å². The molecule has 0 radical (unpaired) electrons. The van der Waals surface area contributed by atoms with Crippen LogP contribution < -0.4 is 4.31 Å². The average Bonchev–Trinajstić information content (AvgIpc) is 2.32. The van der Waals surface area contributed by atoms with E-state index in [1.54, 1.807) is 24.3 Å². The van der Waals surface area contributed by atoms with Crippen LogP contribution in [0.5, 0.6) is 0 Å². The summed E-state index contributed by atoms with van der Waals surface area (Å²) in [4.78, 5) is 14.5. The average molecular weight is 280 g/mol. The van der Waals surface area contributed by atoms with E-state index in [2.05, 4.69) is 4.99 Å². The molecule has 102 valence electrons. The monoisotopic (exact) mass is 280 g/mol. The lowest BCUT2D eigenvalue weighted by Gasteiger charge is -2.37. The largest absolute Gasteiger partial charge is 0.274 e. The van der Waals surface area contributed by atoms with Crippen LogP contribution in [0.4, 0.5) is 5.69 Å². The first-order chi connectivity index (χ1) is 8.89. The molecule has 0 amide bonds. The number of isocyanates is 1. The summed E-state index contributed by atoms with van der Waals surface area (Å²) < 4.78 is 24.3. The van der Waals surface area contributed by atoms with Crippen molar-refractivity contribution in [3.05, 3.63) is 29.8 Å². The maximum atomic E-state index is 11.5. The third-order valence-electron chi connectivity index (χ3n) is 3.68.